The van der Waals surface area contributed by atoms with Gasteiger partial charge in [-0.05, 0) is 19.3 Å². The van der Waals surface area contributed by atoms with Crippen molar-refractivity contribution in [3.05, 3.63) is 6.42 Å². The predicted octanol–water partition coefficient (Wildman–Crippen LogP) is 1.08. The predicted molar refractivity (Wildman–Crippen MR) is 29.3 cm³/mol. The van der Waals surface area contributed by atoms with E-state index in [1.54, 1.807) is 0 Å². The SMILES string of the molecule is CCC1(C(=O)O)[CH]C1. The Morgan fingerprint density at radius 3 is 2.50 bits per heavy atom. The lowest BCUT2D eigenvalue weighted by molar-refractivity contribution is -0.142. The summed E-state index contributed by atoms with van der Waals surface area (Å²) in [5.74, 6) is -0.667. The van der Waals surface area contributed by atoms with E-state index in [1.807, 2.05) is 13.3 Å². The number of hydrogen-bond acceptors (Lipinski definition) is 1. The second-order valence-electron chi connectivity index (χ2n) is 2.22. The van der Waals surface area contributed by atoms with Crippen molar-refractivity contribution in [1.82, 2.24) is 0 Å². The minimum Gasteiger partial charge on any atom is -0.481 e. The van der Waals surface area contributed by atoms with Gasteiger partial charge in [-0.15, -0.1) is 0 Å². The molecule has 0 spiro atoms. The van der Waals surface area contributed by atoms with Gasteiger partial charge in [-0.1, -0.05) is 6.92 Å². The third kappa shape index (κ3) is 0.602. The van der Waals surface area contributed by atoms with Crippen LogP contribution in [0.25, 0.3) is 0 Å². The summed E-state index contributed by atoms with van der Waals surface area (Å²) in [5, 5.41) is 8.47. The summed E-state index contributed by atoms with van der Waals surface area (Å²) >= 11 is 0. The van der Waals surface area contributed by atoms with Gasteiger partial charge in [-0.3, -0.25) is 4.79 Å². The normalized spacial score (nSPS) is 22.6. The highest BCUT2D eigenvalue weighted by molar-refractivity contribution is 5.80. The monoisotopic (exact) mass is 113 g/mol. The van der Waals surface area contributed by atoms with Crippen molar-refractivity contribution in [1.29, 1.82) is 0 Å². The van der Waals surface area contributed by atoms with Gasteiger partial charge in [-0.25, -0.2) is 0 Å². The summed E-state index contributed by atoms with van der Waals surface area (Å²) in [6.07, 6.45) is 3.34. The summed E-state index contributed by atoms with van der Waals surface area (Å²) in [5.41, 5.74) is -0.417. The summed E-state index contributed by atoms with van der Waals surface area (Å²) in [6, 6.07) is 0. The molecule has 1 aliphatic carbocycles. The molecule has 0 amide bonds. The van der Waals surface area contributed by atoms with Crippen LogP contribution in [0.15, 0.2) is 0 Å². The highest BCUT2D eigenvalue weighted by Crippen LogP contribution is 2.47. The first kappa shape index (κ1) is 5.60. The van der Waals surface area contributed by atoms with Crippen LogP contribution in [-0.2, 0) is 4.79 Å². The first-order valence-electron chi connectivity index (χ1n) is 2.79. The molecule has 0 aromatic carbocycles. The second kappa shape index (κ2) is 1.47. The Bertz CT molecular complexity index is 114. The lowest BCUT2D eigenvalue weighted by Crippen LogP contribution is -2.12. The van der Waals surface area contributed by atoms with Crippen molar-refractivity contribution in [3.8, 4) is 0 Å². The molecule has 1 aliphatic rings. The quantitative estimate of drug-likeness (QED) is 0.581. The van der Waals surface area contributed by atoms with E-state index in [9.17, 15) is 4.79 Å². The number of carboxylic acid groups (broad SMARTS) is 1. The fourth-order valence-corrected chi connectivity index (χ4v) is 0.738. The number of carbonyl (C=O) groups is 1. The average molecular weight is 113 g/mol. The van der Waals surface area contributed by atoms with E-state index >= 15 is 0 Å². The van der Waals surface area contributed by atoms with Gasteiger partial charge in [0.05, 0.1) is 5.41 Å². The molecule has 0 aromatic heterocycles. The molecule has 0 bridgehead atoms. The minimum atomic E-state index is -0.667. The van der Waals surface area contributed by atoms with Crippen LogP contribution in [0.2, 0.25) is 0 Å². The molecule has 1 N–H and O–H groups in total. The number of rotatable bonds is 2. The summed E-state index contributed by atoms with van der Waals surface area (Å²) in [6.45, 7) is 1.90. The van der Waals surface area contributed by atoms with Crippen molar-refractivity contribution in [2.75, 3.05) is 0 Å². The van der Waals surface area contributed by atoms with E-state index in [0.717, 1.165) is 12.8 Å². The Kier molecular flexibility index (Phi) is 1.03. The lowest BCUT2D eigenvalue weighted by atomic mass is 10.1. The zero-order valence-electron chi connectivity index (χ0n) is 4.85. The maximum Gasteiger partial charge on any atom is 0.309 e. The third-order valence-corrected chi connectivity index (χ3v) is 1.75. The van der Waals surface area contributed by atoms with Gasteiger partial charge in [-0.2, -0.15) is 0 Å². The Labute approximate surface area is 48.5 Å². The van der Waals surface area contributed by atoms with Gasteiger partial charge >= 0.3 is 5.97 Å². The molecular formula is C6H9O2. The molecule has 45 valence electrons. The van der Waals surface area contributed by atoms with Crippen LogP contribution in [0.5, 0.6) is 0 Å². The molecule has 1 radical (unpaired) electrons. The van der Waals surface area contributed by atoms with Crippen LogP contribution >= 0.6 is 0 Å². The highest BCUT2D eigenvalue weighted by atomic mass is 16.4. The topological polar surface area (TPSA) is 37.3 Å². The zero-order valence-corrected chi connectivity index (χ0v) is 4.85. The largest absolute Gasteiger partial charge is 0.481 e. The Morgan fingerprint density at radius 1 is 2.00 bits per heavy atom. The number of aliphatic carboxylic acids is 1. The van der Waals surface area contributed by atoms with E-state index in [2.05, 4.69) is 0 Å². The van der Waals surface area contributed by atoms with Crippen molar-refractivity contribution in [2.24, 2.45) is 5.41 Å². The molecule has 1 unspecified atom stereocenters. The fourth-order valence-electron chi connectivity index (χ4n) is 0.738. The van der Waals surface area contributed by atoms with E-state index in [0.29, 0.717) is 0 Å². The molecule has 2 heteroatoms. The Balaban J connectivity index is 2.53. The first-order chi connectivity index (χ1) is 3.71. The Hall–Kier alpha value is -0.530. The van der Waals surface area contributed by atoms with Gasteiger partial charge in [0.2, 0.25) is 0 Å². The molecule has 8 heavy (non-hydrogen) atoms. The summed E-state index contributed by atoms with van der Waals surface area (Å²) in [4.78, 5) is 10.3. The smallest absolute Gasteiger partial charge is 0.309 e. The van der Waals surface area contributed by atoms with E-state index in [1.165, 1.54) is 0 Å². The van der Waals surface area contributed by atoms with E-state index in [4.69, 9.17) is 5.11 Å². The molecule has 1 saturated carbocycles. The molecule has 0 saturated heterocycles. The van der Waals surface area contributed by atoms with Gasteiger partial charge in [0.1, 0.15) is 0 Å². The molecule has 0 aromatic rings. The summed E-state index contributed by atoms with van der Waals surface area (Å²) in [7, 11) is 0. The van der Waals surface area contributed by atoms with Crippen LogP contribution in [0.3, 0.4) is 0 Å². The lowest BCUT2D eigenvalue weighted by Gasteiger charge is -2.01. The van der Waals surface area contributed by atoms with Crippen LogP contribution in [-0.4, -0.2) is 11.1 Å². The first-order valence-corrected chi connectivity index (χ1v) is 2.79. The minimum absolute atomic E-state index is 0.417. The average Bonchev–Trinajstić information content (AvgIpc) is 2.44. The molecule has 0 heterocycles. The molecule has 1 atom stereocenters. The standard InChI is InChI=1S/C6H9O2/c1-2-6(3-4-6)5(7)8/h3H,2,4H2,1H3,(H,7,8). The zero-order chi connectivity index (χ0) is 6.20. The summed E-state index contributed by atoms with van der Waals surface area (Å²) < 4.78 is 0. The molecule has 2 nitrogen and oxygen atoms in total. The molecule has 0 aliphatic heterocycles. The van der Waals surface area contributed by atoms with Crippen LogP contribution < -0.4 is 0 Å². The molecule has 1 rings (SSSR count). The van der Waals surface area contributed by atoms with Crippen LogP contribution in [0, 0.1) is 11.8 Å². The Morgan fingerprint density at radius 2 is 2.50 bits per heavy atom. The number of hydrogen-bond donors (Lipinski definition) is 1. The van der Waals surface area contributed by atoms with Crippen molar-refractivity contribution in [3.63, 3.8) is 0 Å². The van der Waals surface area contributed by atoms with Crippen molar-refractivity contribution >= 4 is 5.97 Å². The highest BCUT2D eigenvalue weighted by Gasteiger charge is 2.48. The van der Waals surface area contributed by atoms with E-state index in [-0.39, 0.29) is 0 Å². The van der Waals surface area contributed by atoms with Gasteiger partial charge in [0.15, 0.2) is 0 Å². The maximum atomic E-state index is 10.3. The van der Waals surface area contributed by atoms with E-state index < -0.39 is 11.4 Å². The van der Waals surface area contributed by atoms with Crippen molar-refractivity contribution in [2.45, 2.75) is 19.8 Å². The molecule has 1 fully saturated rings. The van der Waals surface area contributed by atoms with Crippen LogP contribution in [0.1, 0.15) is 19.8 Å². The van der Waals surface area contributed by atoms with Crippen molar-refractivity contribution < 1.29 is 9.90 Å². The third-order valence-electron chi connectivity index (χ3n) is 1.75. The fraction of sp³-hybridized carbons (Fsp3) is 0.667. The maximum absolute atomic E-state index is 10.3. The molecular weight excluding hydrogens is 104 g/mol. The van der Waals surface area contributed by atoms with Gasteiger partial charge in [0, 0.05) is 0 Å². The van der Waals surface area contributed by atoms with Crippen LogP contribution in [0.4, 0.5) is 0 Å². The second-order valence-corrected chi connectivity index (χ2v) is 2.22. The van der Waals surface area contributed by atoms with Gasteiger partial charge in [0.25, 0.3) is 0 Å². The number of carboxylic acids is 1. The van der Waals surface area contributed by atoms with Gasteiger partial charge < -0.3 is 5.11 Å².